The highest BCUT2D eigenvalue weighted by molar-refractivity contribution is 5.96. The Kier molecular flexibility index (Phi) is 3.90. The van der Waals surface area contributed by atoms with Crippen molar-refractivity contribution >= 4 is 5.91 Å². The van der Waals surface area contributed by atoms with Crippen molar-refractivity contribution in [3.63, 3.8) is 0 Å². The van der Waals surface area contributed by atoms with E-state index in [9.17, 15) is 4.79 Å². The normalized spacial score (nSPS) is 10.4. The molecule has 0 heterocycles. The molecule has 16 heavy (non-hydrogen) atoms. The Balaban J connectivity index is 3.17. The van der Waals surface area contributed by atoms with Gasteiger partial charge >= 0.3 is 0 Å². The minimum Gasteiger partial charge on any atom is -0.496 e. The molecule has 4 nitrogen and oxygen atoms in total. The highest BCUT2D eigenvalue weighted by Gasteiger charge is 2.15. The maximum Gasteiger partial charge on any atom is 0.271 e. The van der Waals surface area contributed by atoms with Gasteiger partial charge in [-0.2, -0.15) is 0 Å². The van der Waals surface area contributed by atoms with Crippen LogP contribution in [-0.2, 0) is 0 Å². The largest absolute Gasteiger partial charge is 0.496 e. The summed E-state index contributed by atoms with van der Waals surface area (Å²) in [7, 11) is 3.06. The molecule has 88 valence electrons. The van der Waals surface area contributed by atoms with Crippen molar-refractivity contribution in [2.24, 2.45) is 5.84 Å². The molecule has 1 rings (SSSR count). The van der Waals surface area contributed by atoms with Crippen LogP contribution in [0.15, 0.2) is 18.2 Å². The SMILES string of the molecule is COc1cc(C(C)C)ccc1C(=O)N(C)N. The lowest BCUT2D eigenvalue weighted by atomic mass is 10.0. The predicted octanol–water partition coefficient (Wildman–Crippen LogP) is 1.76. The highest BCUT2D eigenvalue weighted by atomic mass is 16.5. The van der Waals surface area contributed by atoms with Gasteiger partial charge in [-0.1, -0.05) is 19.9 Å². The van der Waals surface area contributed by atoms with E-state index < -0.39 is 0 Å². The Morgan fingerprint density at radius 2 is 2.06 bits per heavy atom. The number of rotatable bonds is 3. The Morgan fingerprint density at radius 3 is 2.50 bits per heavy atom. The van der Waals surface area contributed by atoms with Crippen LogP contribution in [0.5, 0.6) is 5.75 Å². The summed E-state index contributed by atoms with van der Waals surface area (Å²) in [5, 5.41) is 1.05. The third-order valence-electron chi connectivity index (χ3n) is 2.44. The van der Waals surface area contributed by atoms with E-state index in [1.165, 1.54) is 7.05 Å². The summed E-state index contributed by atoms with van der Waals surface area (Å²) in [6.07, 6.45) is 0. The molecular weight excluding hydrogens is 204 g/mol. The van der Waals surface area contributed by atoms with Crippen LogP contribution in [0.4, 0.5) is 0 Å². The molecule has 0 aromatic heterocycles. The van der Waals surface area contributed by atoms with E-state index in [0.29, 0.717) is 17.2 Å². The van der Waals surface area contributed by atoms with E-state index >= 15 is 0 Å². The number of carbonyl (C=O) groups is 1. The van der Waals surface area contributed by atoms with Crippen LogP contribution in [0.25, 0.3) is 0 Å². The molecule has 0 bridgehead atoms. The summed E-state index contributed by atoms with van der Waals surface area (Å²) in [6, 6.07) is 5.55. The van der Waals surface area contributed by atoms with E-state index in [1.807, 2.05) is 12.1 Å². The maximum atomic E-state index is 11.7. The average molecular weight is 222 g/mol. The lowest BCUT2D eigenvalue weighted by molar-refractivity contribution is 0.0791. The molecular formula is C12H18N2O2. The van der Waals surface area contributed by atoms with Crippen LogP contribution in [-0.4, -0.2) is 25.1 Å². The summed E-state index contributed by atoms with van der Waals surface area (Å²) in [5.41, 5.74) is 1.62. The molecule has 0 atom stereocenters. The minimum absolute atomic E-state index is 0.257. The summed E-state index contributed by atoms with van der Waals surface area (Å²) in [5.74, 6) is 6.12. The lowest BCUT2D eigenvalue weighted by Gasteiger charge is -2.15. The molecule has 0 aliphatic carbocycles. The summed E-state index contributed by atoms with van der Waals surface area (Å²) in [4.78, 5) is 11.7. The third-order valence-corrected chi connectivity index (χ3v) is 2.44. The molecule has 0 spiro atoms. The van der Waals surface area contributed by atoms with Crippen molar-refractivity contribution in [3.05, 3.63) is 29.3 Å². The first kappa shape index (κ1) is 12.5. The number of methoxy groups -OCH3 is 1. The van der Waals surface area contributed by atoms with Gasteiger partial charge in [0.25, 0.3) is 5.91 Å². The number of carbonyl (C=O) groups excluding carboxylic acids is 1. The first-order chi connectivity index (χ1) is 7.47. The number of ether oxygens (including phenoxy) is 1. The van der Waals surface area contributed by atoms with Crippen LogP contribution in [0.2, 0.25) is 0 Å². The molecule has 1 aromatic rings. The van der Waals surface area contributed by atoms with Gasteiger partial charge in [0, 0.05) is 7.05 Å². The molecule has 2 N–H and O–H groups in total. The zero-order chi connectivity index (χ0) is 12.3. The van der Waals surface area contributed by atoms with Gasteiger partial charge in [0.05, 0.1) is 12.7 Å². The monoisotopic (exact) mass is 222 g/mol. The molecule has 1 aromatic carbocycles. The fourth-order valence-electron chi connectivity index (χ4n) is 1.43. The van der Waals surface area contributed by atoms with Crippen molar-refractivity contribution in [2.45, 2.75) is 19.8 Å². The minimum atomic E-state index is -0.257. The van der Waals surface area contributed by atoms with Gasteiger partial charge in [-0.3, -0.25) is 9.80 Å². The fraction of sp³-hybridized carbons (Fsp3) is 0.417. The quantitative estimate of drug-likeness (QED) is 0.481. The number of nitrogens with zero attached hydrogens (tertiary/aromatic N) is 1. The number of hydrogen-bond acceptors (Lipinski definition) is 3. The molecule has 0 saturated carbocycles. The number of hydrazine groups is 1. The van der Waals surface area contributed by atoms with Gasteiger partial charge in [0.2, 0.25) is 0 Å². The van der Waals surface area contributed by atoms with Gasteiger partial charge in [-0.15, -0.1) is 0 Å². The Bertz CT molecular complexity index is 387. The van der Waals surface area contributed by atoms with Crippen molar-refractivity contribution < 1.29 is 9.53 Å². The van der Waals surface area contributed by atoms with E-state index in [2.05, 4.69) is 13.8 Å². The van der Waals surface area contributed by atoms with Crippen LogP contribution in [0.1, 0.15) is 35.7 Å². The average Bonchev–Trinajstić information content (AvgIpc) is 2.26. The van der Waals surface area contributed by atoms with Gasteiger partial charge in [0.1, 0.15) is 5.75 Å². The molecule has 0 unspecified atom stereocenters. The Labute approximate surface area is 96.0 Å². The van der Waals surface area contributed by atoms with Gasteiger partial charge in [-0.25, -0.2) is 5.84 Å². The summed E-state index contributed by atoms with van der Waals surface area (Å²) >= 11 is 0. The number of benzene rings is 1. The molecule has 4 heteroatoms. The van der Waals surface area contributed by atoms with E-state index in [-0.39, 0.29) is 5.91 Å². The van der Waals surface area contributed by atoms with Crippen molar-refractivity contribution in [2.75, 3.05) is 14.2 Å². The topological polar surface area (TPSA) is 55.6 Å². The number of amides is 1. The predicted molar refractivity (Wildman–Crippen MR) is 63.4 cm³/mol. The van der Waals surface area contributed by atoms with Crippen molar-refractivity contribution in [3.8, 4) is 5.75 Å². The second kappa shape index (κ2) is 4.99. The van der Waals surface area contributed by atoms with Crippen LogP contribution in [0.3, 0.4) is 0 Å². The highest BCUT2D eigenvalue weighted by Crippen LogP contribution is 2.25. The Hall–Kier alpha value is -1.55. The smallest absolute Gasteiger partial charge is 0.271 e. The van der Waals surface area contributed by atoms with Crippen LogP contribution >= 0.6 is 0 Å². The summed E-state index contributed by atoms with van der Waals surface area (Å²) < 4.78 is 5.20. The van der Waals surface area contributed by atoms with Gasteiger partial charge < -0.3 is 4.74 Å². The van der Waals surface area contributed by atoms with E-state index in [0.717, 1.165) is 10.6 Å². The second-order valence-electron chi connectivity index (χ2n) is 4.03. The maximum absolute atomic E-state index is 11.7. The van der Waals surface area contributed by atoms with Gasteiger partial charge in [0.15, 0.2) is 0 Å². The lowest BCUT2D eigenvalue weighted by Crippen LogP contribution is -2.33. The first-order valence-corrected chi connectivity index (χ1v) is 5.18. The first-order valence-electron chi connectivity index (χ1n) is 5.18. The molecule has 1 amide bonds. The fourth-order valence-corrected chi connectivity index (χ4v) is 1.43. The van der Waals surface area contributed by atoms with Crippen molar-refractivity contribution in [1.29, 1.82) is 0 Å². The zero-order valence-electron chi connectivity index (χ0n) is 10.2. The standard InChI is InChI=1S/C12H18N2O2/c1-8(2)9-5-6-10(11(7-9)16-4)12(15)14(3)13/h5-8H,13H2,1-4H3. The van der Waals surface area contributed by atoms with Gasteiger partial charge in [-0.05, 0) is 23.6 Å². The third kappa shape index (κ3) is 2.52. The van der Waals surface area contributed by atoms with E-state index in [4.69, 9.17) is 10.6 Å². The van der Waals surface area contributed by atoms with Crippen LogP contribution < -0.4 is 10.6 Å². The number of nitrogens with two attached hydrogens (primary N) is 1. The second-order valence-corrected chi connectivity index (χ2v) is 4.03. The van der Waals surface area contributed by atoms with Crippen LogP contribution in [0, 0.1) is 0 Å². The molecule has 0 aliphatic heterocycles. The van der Waals surface area contributed by atoms with E-state index in [1.54, 1.807) is 13.2 Å². The van der Waals surface area contributed by atoms with Crippen molar-refractivity contribution in [1.82, 2.24) is 5.01 Å². The molecule has 0 saturated heterocycles. The molecule has 0 aliphatic rings. The molecule has 0 fully saturated rings. The summed E-state index contributed by atoms with van der Waals surface area (Å²) in [6.45, 7) is 4.18. The Morgan fingerprint density at radius 1 is 1.44 bits per heavy atom. The molecule has 0 radical (unpaired) electrons. The zero-order valence-corrected chi connectivity index (χ0v) is 10.2. The number of hydrogen-bond donors (Lipinski definition) is 1.